The number of carbonyl (C=O) groups is 1. The molecular weight excluding hydrogens is 212 g/mol. The fourth-order valence-corrected chi connectivity index (χ4v) is 2.45. The van der Waals surface area contributed by atoms with E-state index in [-0.39, 0.29) is 0 Å². The van der Waals surface area contributed by atoms with Crippen LogP contribution in [-0.4, -0.2) is 30.1 Å². The van der Waals surface area contributed by atoms with Gasteiger partial charge in [-0.1, -0.05) is 13.0 Å². The lowest BCUT2D eigenvalue weighted by Crippen LogP contribution is -2.37. The van der Waals surface area contributed by atoms with Crippen molar-refractivity contribution in [3.05, 3.63) is 12.3 Å². The van der Waals surface area contributed by atoms with Crippen molar-refractivity contribution in [3.8, 4) is 0 Å². The molecule has 1 unspecified atom stereocenters. The number of piperidine rings is 1. The van der Waals surface area contributed by atoms with Gasteiger partial charge in [-0.25, -0.2) is 0 Å². The maximum absolute atomic E-state index is 12.0. The average Bonchev–Trinajstić information content (AvgIpc) is 2.38. The molecule has 3 nitrogen and oxygen atoms in total. The van der Waals surface area contributed by atoms with Crippen LogP contribution in [0.3, 0.4) is 0 Å². The topological polar surface area (TPSA) is 32.7 Å². The van der Waals surface area contributed by atoms with E-state index in [9.17, 15) is 4.79 Å². The summed E-state index contributed by atoms with van der Waals surface area (Å²) in [6.45, 7) is 4.19. The molecule has 0 radical (unpaired) electrons. The average molecular weight is 234 g/mol. The summed E-state index contributed by atoms with van der Waals surface area (Å²) in [4.78, 5) is 18.1. The molecule has 1 fully saturated rings. The van der Waals surface area contributed by atoms with Gasteiger partial charge in [-0.2, -0.15) is 0 Å². The van der Waals surface area contributed by atoms with Crippen molar-refractivity contribution in [2.75, 3.05) is 13.1 Å². The van der Waals surface area contributed by atoms with Crippen LogP contribution in [0.4, 0.5) is 0 Å². The molecule has 1 saturated heterocycles. The van der Waals surface area contributed by atoms with Crippen LogP contribution in [0.25, 0.3) is 0 Å². The number of aliphatic imine (C=N–C) groups is 1. The highest BCUT2D eigenvalue weighted by atomic mass is 16.2. The number of likely N-dealkylation sites (tertiary alicyclic amines) is 1. The predicted molar refractivity (Wildman–Crippen MR) is 70.0 cm³/mol. The molecule has 0 spiro atoms. The maximum Gasteiger partial charge on any atom is 0.222 e. The Labute approximate surface area is 104 Å². The first-order valence-electron chi connectivity index (χ1n) is 6.72. The van der Waals surface area contributed by atoms with E-state index in [1.807, 2.05) is 17.3 Å². The fourth-order valence-electron chi connectivity index (χ4n) is 2.45. The van der Waals surface area contributed by atoms with Gasteiger partial charge in [0, 0.05) is 31.9 Å². The van der Waals surface area contributed by atoms with E-state index in [1.165, 1.54) is 12.8 Å². The fraction of sp³-hybridized carbons (Fsp3) is 0.714. The van der Waals surface area contributed by atoms with E-state index in [2.05, 4.69) is 18.0 Å². The smallest absolute Gasteiger partial charge is 0.222 e. The second-order valence-electron chi connectivity index (χ2n) is 5.27. The van der Waals surface area contributed by atoms with E-state index >= 15 is 0 Å². The van der Waals surface area contributed by atoms with Crippen LogP contribution in [0.2, 0.25) is 0 Å². The highest BCUT2D eigenvalue weighted by Gasteiger charge is 2.20. The second-order valence-corrected chi connectivity index (χ2v) is 5.27. The van der Waals surface area contributed by atoms with Gasteiger partial charge in [0.25, 0.3) is 0 Å². The number of allylic oxidation sites excluding steroid dienone is 1. The quantitative estimate of drug-likeness (QED) is 0.739. The minimum absolute atomic E-state index is 0.341. The predicted octanol–water partition coefficient (Wildman–Crippen LogP) is 2.63. The first-order valence-corrected chi connectivity index (χ1v) is 6.72. The molecule has 0 bridgehead atoms. The monoisotopic (exact) mass is 234 g/mol. The van der Waals surface area contributed by atoms with Crippen molar-refractivity contribution in [1.82, 2.24) is 4.90 Å². The Morgan fingerprint density at radius 2 is 2.18 bits per heavy atom. The number of nitrogens with zero attached hydrogens (tertiary/aromatic N) is 2. The minimum Gasteiger partial charge on any atom is -0.343 e. The lowest BCUT2D eigenvalue weighted by atomic mass is 9.96. The Balaban J connectivity index is 1.70. The molecule has 0 N–H and O–H groups in total. The summed E-state index contributed by atoms with van der Waals surface area (Å²) in [5, 5.41) is 0. The van der Waals surface area contributed by atoms with Crippen LogP contribution < -0.4 is 0 Å². The largest absolute Gasteiger partial charge is 0.343 e. The molecule has 1 amide bonds. The summed E-state index contributed by atoms with van der Waals surface area (Å²) in [5.74, 6) is 1.64. The zero-order chi connectivity index (χ0) is 12.1. The highest BCUT2D eigenvalue weighted by molar-refractivity contribution is 5.76. The Bertz CT molecular complexity index is 314. The molecule has 3 heteroatoms. The summed E-state index contributed by atoms with van der Waals surface area (Å²) in [7, 11) is 0. The molecule has 2 heterocycles. The molecule has 2 rings (SSSR count). The van der Waals surface area contributed by atoms with Crippen LogP contribution in [0.1, 0.15) is 39.0 Å². The number of hydrogen-bond donors (Lipinski definition) is 0. The Kier molecular flexibility index (Phi) is 4.35. The second kappa shape index (κ2) is 5.99. The van der Waals surface area contributed by atoms with E-state index in [0.717, 1.165) is 31.8 Å². The van der Waals surface area contributed by atoms with Crippen molar-refractivity contribution in [3.63, 3.8) is 0 Å². The summed E-state index contributed by atoms with van der Waals surface area (Å²) < 4.78 is 0. The third-order valence-electron chi connectivity index (χ3n) is 3.82. The third kappa shape index (κ3) is 3.69. The van der Waals surface area contributed by atoms with E-state index in [4.69, 9.17) is 0 Å². The Morgan fingerprint density at radius 3 is 2.82 bits per heavy atom. The zero-order valence-corrected chi connectivity index (χ0v) is 10.6. The van der Waals surface area contributed by atoms with Gasteiger partial charge in [0.1, 0.15) is 0 Å². The van der Waals surface area contributed by atoms with Gasteiger partial charge >= 0.3 is 0 Å². The molecule has 0 aliphatic carbocycles. The van der Waals surface area contributed by atoms with Crippen LogP contribution in [-0.2, 0) is 4.79 Å². The molecule has 0 aromatic rings. The SMILES string of the molecule is CC1CCN(C(=O)CCC2C=CN=CC2)CC1. The summed E-state index contributed by atoms with van der Waals surface area (Å²) in [6, 6.07) is 0. The van der Waals surface area contributed by atoms with E-state index in [0.29, 0.717) is 18.2 Å². The van der Waals surface area contributed by atoms with Gasteiger partial charge in [-0.15, -0.1) is 0 Å². The first-order chi connectivity index (χ1) is 8.25. The maximum atomic E-state index is 12.0. The van der Waals surface area contributed by atoms with Crippen molar-refractivity contribution in [1.29, 1.82) is 0 Å². The van der Waals surface area contributed by atoms with Crippen molar-refractivity contribution >= 4 is 12.1 Å². The minimum atomic E-state index is 0.341. The zero-order valence-electron chi connectivity index (χ0n) is 10.6. The Hall–Kier alpha value is -1.12. The van der Waals surface area contributed by atoms with Gasteiger partial charge in [0.15, 0.2) is 0 Å². The number of rotatable bonds is 3. The molecule has 0 saturated carbocycles. The molecule has 0 aromatic carbocycles. The van der Waals surface area contributed by atoms with Crippen LogP contribution in [0.15, 0.2) is 17.3 Å². The lowest BCUT2D eigenvalue weighted by molar-refractivity contribution is -0.132. The highest BCUT2D eigenvalue weighted by Crippen LogP contribution is 2.19. The van der Waals surface area contributed by atoms with Gasteiger partial charge < -0.3 is 4.90 Å². The van der Waals surface area contributed by atoms with Gasteiger partial charge in [-0.3, -0.25) is 9.79 Å². The summed E-state index contributed by atoms with van der Waals surface area (Å²) in [6.07, 6.45) is 10.9. The van der Waals surface area contributed by atoms with Gasteiger partial charge in [0.2, 0.25) is 5.91 Å². The van der Waals surface area contributed by atoms with E-state index in [1.54, 1.807) is 0 Å². The van der Waals surface area contributed by atoms with Gasteiger partial charge in [-0.05, 0) is 37.5 Å². The van der Waals surface area contributed by atoms with Crippen molar-refractivity contribution < 1.29 is 4.79 Å². The number of hydrogen-bond acceptors (Lipinski definition) is 2. The van der Waals surface area contributed by atoms with Crippen molar-refractivity contribution in [2.45, 2.75) is 39.0 Å². The molecule has 2 aliphatic heterocycles. The normalized spacial score (nSPS) is 25.2. The molecular formula is C14H22N2O. The van der Waals surface area contributed by atoms with E-state index < -0.39 is 0 Å². The molecule has 0 aromatic heterocycles. The Morgan fingerprint density at radius 1 is 1.41 bits per heavy atom. The lowest BCUT2D eigenvalue weighted by Gasteiger charge is -2.30. The van der Waals surface area contributed by atoms with Gasteiger partial charge in [0.05, 0.1) is 0 Å². The standard InChI is InChI=1S/C14H22N2O/c1-12-6-10-16(11-7-12)14(17)3-2-13-4-8-15-9-5-13/h4,8-9,12-13H,2-3,5-7,10-11H2,1H3. The molecule has 1 atom stereocenters. The molecule has 2 aliphatic rings. The summed E-state index contributed by atoms with van der Waals surface area (Å²) >= 11 is 0. The molecule has 17 heavy (non-hydrogen) atoms. The van der Waals surface area contributed by atoms with Crippen LogP contribution in [0, 0.1) is 11.8 Å². The van der Waals surface area contributed by atoms with Crippen molar-refractivity contribution in [2.24, 2.45) is 16.8 Å². The number of amides is 1. The summed E-state index contributed by atoms with van der Waals surface area (Å²) in [5.41, 5.74) is 0. The van der Waals surface area contributed by atoms with Crippen LogP contribution >= 0.6 is 0 Å². The number of carbonyl (C=O) groups excluding carboxylic acids is 1. The first kappa shape index (κ1) is 12.3. The van der Waals surface area contributed by atoms with Crippen LogP contribution in [0.5, 0.6) is 0 Å². The third-order valence-corrected chi connectivity index (χ3v) is 3.82. The molecule has 94 valence electrons.